The number of aliphatic hydroxyl groups excluding tert-OH is 2. The molecule has 2 amide bonds. The molecule has 28 heteroatoms. The Labute approximate surface area is 446 Å². The summed E-state index contributed by atoms with van der Waals surface area (Å²) in [7, 11) is -16.4. The predicted molar refractivity (Wildman–Crippen MR) is 284 cm³/mol. The number of imidazole rings is 1. The van der Waals surface area contributed by atoms with Gasteiger partial charge in [-0.2, -0.15) is 4.31 Å². The molecule has 0 aromatic carbocycles. The van der Waals surface area contributed by atoms with Gasteiger partial charge < -0.3 is 50.9 Å². The third-order valence-corrected chi connectivity index (χ3v) is 16.9. The molecule has 0 radical (unpaired) electrons. The van der Waals surface area contributed by atoms with Crippen LogP contribution in [-0.2, 0) is 50.7 Å². The minimum absolute atomic E-state index is 0.0345. The van der Waals surface area contributed by atoms with Gasteiger partial charge in [0, 0.05) is 37.1 Å². The Kier molecular flexibility index (Phi) is 30.8. The van der Waals surface area contributed by atoms with Gasteiger partial charge in [-0.3, -0.25) is 32.5 Å². The fraction of sp³-hybridized carbons (Fsp3) is 0.830. The highest BCUT2D eigenvalue weighted by molar-refractivity contribution is 8.13. The van der Waals surface area contributed by atoms with Gasteiger partial charge in [-0.1, -0.05) is 168 Å². The van der Waals surface area contributed by atoms with Crippen LogP contribution in [0.5, 0.6) is 0 Å². The molecule has 8 unspecified atom stereocenters. The summed E-state index contributed by atoms with van der Waals surface area (Å²) < 4.78 is 62.6. The van der Waals surface area contributed by atoms with Gasteiger partial charge in [-0.05, 0) is 12.3 Å². The molecule has 3 heterocycles. The zero-order valence-corrected chi connectivity index (χ0v) is 47.7. The zero-order valence-electron chi connectivity index (χ0n) is 44.2. The number of hydrogen-bond donors (Lipinski definition) is 9. The number of aliphatic hydroxyl groups is 2. The second-order valence-electron chi connectivity index (χ2n) is 20.1. The van der Waals surface area contributed by atoms with Crippen molar-refractivity contribution in [3.63, 3.8) is 0 Å². The van der Waals surface area contributed by atoms with Crippen LogP contribution in [0.25, 0.3) is 11.2 Å². The third-order valence-electron chi connectivity index (χ3n) is 12.9. The summed E-state index contributed by atoms with van der Waals surface area (Å²) in [6, 6.07) is 0. The van der Waals surface area contributed by atoms with E-state index in [4.69, 9.17) is 19.5 Å². The largest absolute Gasteiger partial charge is 0.481 e. The van der Waals surface area contributed by atoms with Crippen LogP contribution in [0, 0.1) is 11.3 Å². The van der Waals surface area contributed by atoms with E-state index in [1.807, 2.05) is 0 Å². The number of rotatable bonds is 42. The SMILES string of the molecule is CCCCCCCCCCCCCCCCCC(C)CCCCCCC(=O)SCCNC(=O)CCNC(=O)C(O)C(C)(C)COP(=O)(O)OP(=O)(O)OCC1OC(n2cnc3c(N)ncnc32)C(O)C1OP(=O)(O)O. The van der Waals surface area contributed by atoms with Crippen LogP contribution in [-0.4, -0.2) is 123 Å². The number of phosphoric ester groups is 3. The first-order valence-electron chi connectivity index (χ1n) is 26.5. The van der Waals surface area contributed by atoms with E-state index in [1.54, 1.807) is 0 Å². The lowest BCUT2D eigenvalue weighted by atomic mass is 9.87. The molecule has 0 spiro atoms. The van der Waals surface area contributed by atoms with Gasteiger partial charge in [-0.25, -0.2) is 28.6 Å². The molecule has 0 aliphatic carbocycles. The van der Waals surface area contributed by atoms with E-state index in [1.165, 1.54) is 129 Å². The number of nitrogen functional groups attached to an aromatic ring is 1. The molecule has 1 fully saturated rings. The van der Waals surface area contributed by atoms with Crippen molar-refractivity contribution < 1.29 is 80.5 Å². The number of phosphoric acid groups is 3. The maximum absolute atomic E-state index is 12.8. The van der Waals surface area contributed by atoms with E-state index in [0.29, 0.717) is 12.2 Å². The highest BCUT2D eigenvalue weighted by Gasteiger charge is 2.50. The van der Waals surface area contributed by atoms with Crippen molar-refractivity contribution in [3.05, 3.63) is 12.7 Å². The Balaban J connectivity index is 1.22. The molecule has 1 saturated heterocycles. The average Bonchev–Trinajstić information content (AvgIpc) is 3.90. The van der Waals surface area contributed by atoms with E-state index < -0.39 is 84.6 Å². The molecule has 8 atom stereocenters. The van der Waals surface area contributed by atoms with Gasteiger partial charge in [0.05, 0.1) is 19.5 Å². The highest BCUT2D eigenvalue weighted by Crippen LogP contribution is 2.61. The predicted octanol–water partition coefficient (Wildman–Crippen LogP) is 7.90. The summed E-state index contributed by atoms with van der Waals surface area (Å²) in [5.74, 6) is -0.281. The minimum atomic E-state index is -5.58. The number of aromatic nitrogens is 4. The number of nitrogens with zero attached hydrogens (tertiary/aromatic N) is 4. The molecule has 0 saturated carbocycles. The smallest absolute Gasteiger partial charge is 0.386 e. The number of nitrogens with one attached hydrogen (secondary N) is 2. The zero-order chi connectivity index (χ0) is 55.5. The first kappa shape index (κ1) is 66.8. The lowest BCUT2D eigenvalue weighted by Gasteiger charge is -2.30. The van der Waals surface area contributed by atoms with Crippen molar-refractivity contribution in [3.8, 4) is 0 Å². The first-order valence-corrected chi connectivity index (χ1v) is 32.0. The third kappa shape index (κ3) is 26.8. The Bertz CT molecular complexity index is 2160. The van der Waals surface area contributed by atoms with E-state index >= 15 is 0 Å². The number of carbonyl (C=O) groups excluding carboxylic acids is 3. The fourth-order valence-corrected chi connectivity index (χ4v) is 12.0. The topological polar surface area (TPSA) is 364 Å². The molecule has 3 rings (SSSR count). The Hall–Kier alpha value is -2.44. The molecule has 2 aromatic rings. The van der Waals surface area contributed by atoms with Crippen LogP contribution in [0.3, 0.4) is 0 Å². The fourth-order valence-electron chi connectivity index (χ4n) is 8.49. The van der Waals surface area contributed by atoms with E-state index in [-0.39, 0.29) is 41.6 Å². The number of nitrogens with two attached hydrogens (primary N) is 1. The van der Waals surface area contributed by atoms with Gasteiger partial charge in [0.1, 0.15) is 36.3 Å². The molecule has 75 heavy (non-hydrogen) atoms. The molecule has 1 aliphatic rings. The summed E-state index contributed by atoms with van der Waals surface area (Å²) in [6.07, 6.45) is 20.9. The van der Waals surface area contributed by atoms with Crippen LogP contribution in [0.2, 0.25) is 0 Å². The summed E-state index contributed by atoms with van der Waals surface area (Å²) in [4.78, 5) is 88.7. The number of fused-ring (bicyclic) bond motifs is 1. The number of unbranched alkanes of at least 4 members (excludes halogenated alkanes) is 17. The van der Waals surface area contributed by atoms with Crippen LogP contribution in [0.4, 0.5) is 5.82 Å². The number of amides is 2. The summed E-state index contributed by atoms with van der Waals surface area (Å²) in [6.45, 7) is 5.20. The van der Waals surface area contributed by atoms with Crippen LogP contribution >= 0.6 is 35.2 Å². The van der Waals surface area contributed by atoms with Gasteiger partial charge in [0.15, 0.2) is 22.8 Å². The minimum Gasteiger partial charge on any atom is -0.386 e. The van der Waals surface area contributed by atoms with E-state index in [9.17, 15) is 57.9 Å². The highest BCUT2D eigenvalue weighted by atomic mass is 32.2. The number of carbonyl (C=O) groups is 3. The van der Waals surface area contributed by atoms with Crippen LogP contribution < -0.4 is 16.4 Å². The van der Waals surface area contributed by atoms with Crippen molar-refractivity contribution in [2.24, 2.45) is 11.3 Å². The standard InChI is InChI=1S/C47H86N7O17P3S/c1-5-6-7-8-9-10-11-12-13-14-15-16-17-18-21-24-35(2)25-22-19-20-23-26-38(56)75-30-29-49-37(55)27-28-50-45(59)42(58)47(3,4)32-68-74(65,66)71-73(63,64)67-31-36-41(70-72(60,61)62)40(57)46(69-36)54-34-53-39-43(48)51-33-52-44(39)54/h33-36,40-42,46,57-58H,5-32H2,1-4H3,(H,49,55)(H,50,59)(H,63,64)(H,65,66)(H2,48,51,52)(H2,60,61,62). The normalized spacial score (nSPS) is 19.7. The van der Waals surface area contributed by atoms with Crippen molar-refractivity contribution in [2.75, 3.05) is 37.8 Å². The van der Waals surface area contributed by atoms with Crippen LogP contribution in [0.1, 0.15) is 182 Å². The van der Waals surface area contributed by atoms with Gasteiger partial charge in [0.25, 0.3) is 0 Å². The summed E-state index contributed by atoms with van der Waals surface area (Å²) in [5.41, 5.74) is 4.30. The Morgan fingerprint density at radius 1 is 0.800 bits per heavy atom. The quantitative estimate of drug-likeness (QED) is 0.0225. The maximum atomic E-state index is 12.8. The van der Waals surface area contributed by atoms with Crippen molar-refractivity contribution in [1.82, 2.24) is 30.2 Å². The number of thioether (sulfide) groups is 1. The maximum Gasteiger partial charge on any atom is 0.481 e. The van der Waals surface area contributed by atoms with Gasteiger partial charge >= 0.3 is 23.5 Å². The van der Waals surface area contributed by atoms with E-state index in [0.717, 1.165) is 54.2 Å². The monoisotopic (exact) mass is 1150 g/mol. The average molecular weight is 1150 g/mol. The number of ether oxygens (including phenoxy) is 1. The molecule has 0 bridgehead atoms. The lowest BCUT2D eigenvalue weighted by molar-refractivity contribution is -0.137. The summed E-state index contributed by atoms with van der Waals surface area (Å²) >= 11 is 1.16. The van der Waals surface area contributed by atoms with Crippen molar-refractivity contribution >= 4 is 69.1 Å². The Morgan fingerprint density at radius 3 is 1.95 bits per heavy atom. The van der Waals surface area contributed by atoms with E-state index in [2.05, 4.69) is 48.3 Å². The van der Waals surface area contributed by atoms with Gasteiger partial charge in [0.2, 0.25) is 11.8 Å². The van der Waals surface area contributed by atoms with Crippen molar-refractivity contribution in [2.45, 2.75) is 206 Å². The lowest BCUT2D eigenvalue weighted by Crippen LogP contribution is -2.46. The molecule has 432 valence electrons. The molecular formula is C47H86N7O17P3S. The molecule has 2 aromatic heterocycles. The molecular weight excluding hydrogens is 1060 g/mol. The summed E-state index contributed by atoms with van der Waals surface area (Å²) in [5, 5.41) is 26.8. The van der Waals surface area contributed by atoms with Crippen molar-refractivity contribution in [1.29, 1.82) is 0 Å². The number of anilines is 1. The molecule has 10 N–H and O–H groups in total. The molecule has 24 nitrogen and oxygen atoms in total. The van der Waals surface area contributed by atoms with Crippen LogP contribution in [0.15, 0.2) is 12.7 Å². The first-order chi connectivity index (χ1) is 35.4. The second kappa shape index (κ2) is 34.5. The number of hydrogen-bond acceptors (Lipinski definition) is 18. The van der Waals surface area contributed by atoms with Gasteiger partial charge in [-0.15, -0.1) is 0 Å². The Morgan fingerprint density at radius 2 is 1.36 bits per heavy atom. The second-order valence-corrected chi connectivity index (χ2v) is 25.5. The molecule has 1 aliphatic heterocycles.